The molecular weight excluding hydrogens is 572 g/mol. The number of nitrogens with one attached hydrogen (secondary N) is 3. The third kappa shape index (κ3) is 6.75. The second-order valence-corrected chi connectivity index (χ2v) is 10.5. The Bertz CT molecular complexity index is 906. The molecule has 0 aliphatic rings. The van der Waals surface area contributed by atoms with Crippen molar-refractivity contribution >= 4 is 95.6 Å². The van der Waals surface area contributed by atoms with Crippen LogP contribution in [-0.4, -0.2) is 21.0 Å². The Morgan fingerprint density at radius 2 is 1.75 bits per heavy atom. The first-order chi connectivity index (χ1) is 13.0. The molecule has 2 aromatic rings. The van der Waals surface area contributed by atoms with Gasteiger partial charge in [-0.1, -0.05) is 68.4 Å². The number of hydrogen-bond acceptors (Lipinski definition) is 2. The molecule has 0 heterocycles. The molecule has 0 bridgehead atoms. The van der Waals surface area contributed by atoms with E-state index >= 15 is 0 Å². The van der Waals surface area contributed by atoms with Crippen molar-refractivity contribution in [3.05, 3.63) is 62.0 Å². The first kappa shape index (κ1) is 23.7. The number of thiocarbonyl (C=S) groups is 1. The van der Waals surface area contributed by atoms with Crippen LogP contribution in [0.5, 0.6) is 0 Å². The first-order valence-electron chi connectivity index (χ1n) is 7.95. The molecule has 0 aliphatic carbocycles. The summed E-state index contributed by atoms with van der Waals surface area (Å²) in [5.41, 5.74) is 3.13. The topological polar surface area (TPSA) is 53.2 Å². The molecule has 1 amide bonds. The third-order valence-electron chi connectivity index (χ3n) is 3.65. The fraction of sp³-hybridized carbons (Fsp3) is 0.222. The molecule has 0 aliphatic heterocycles. The van der Waals surface area contributed by atoms with Crippen LogP contribution in [0, 0.1) is 13.8 Å². The van der Waals surface area contributed by atoms with Crippen molar-refractivity contribution in [2.75, 3.05) is 5.32 Å². The maximum absolute atomic E-state index is 12.5. The standard InChI is InChI=1S/C18H16Br2Cl3N3OS/c1-9-4-3-5-11(6-9)15(27)25-16(18(21,22)23)26-17(28)24-14-7-10(2)12(19)8-13(14)20/h3-8,16H,1-2H3,(H,25,27)(H2,24,26,28). The number of benzene rings is 2. The van der Waals surface area contributed by atoms with Crippen LogP contribution in [0.2, 0.25) is 0 Å². The molecule has 3 N–H and O–H groups in total. The van der Waals surface area contributed by atoms with Gasteiger partial charge in [-0.25, -0.2) is 0 Å². The van der Waals surface area contributed by atoms with Crippen molar-refractivity contribution in [3.63, 3.8) is 0 Å². The Morgan fingerprint density at radius 3 is 2.36 bits per heavy atom. The maximum Gasteiger partial charge on any atom is 0.252 e. The highest BCUT2D eigenvalue weighted by molar-refractivity contribution is 9.11. The SMILES string of the molecule is Cc1cccc(C(=O)NC(NC(=S)Nc2cc(C)c(Br)cc2Br)C(Cl)(Cl)Cl)c1. The van der Waals surface area contributed by atoms with E-state index in [1.54, 1.807) is 18.2 Å². The van der Waals surface area contributed by atoms with Gasteiger partial charge in [-0.05, 0) is 71.8 Å². The van der Waals surface area contributed by atoms with Crippen molar-refractivity contribution in [1.29, 1.82) is 0 Å². The number of alkyl halides is 3. The molecule has 0 fully saturated rings. The molecule has 2 aromatic carbocycles. The van der Waals surface area contributed by atoms with Crippen LogP contribution in [0.1, 0.15) is 21.5 Å². The van der Waals surface area contributed by atoms with E-state index in [1.807, 2.05) is 32.0 Å². The fourth-order valence-electron chi connectivity index (χ4n) is 2.24. The summed E-state index contributed by atoms with van der Waals surface area (Å²) < 4.78 is -0.0882. The second-order valence-electron chi connectivity index (χ2n) is 6.00. The van der Waals surface area contributed by atoms with E-state index in [1.165, 1.54) is 0 Å². The Morgan fingerprint density at radius 1 is 1.07 bits per heavy atom. The lowest BCUT2D eigenvalue weighted by Crippen LogP contribution is -2.56. The lowest BCUT2D eigenvalue weighted by Gasteiger charge is -2.28. The largest absolute Gasteiger partial charge is 0.339 e. The molecule has 28 heavy (non-hydrogen) atoms. The molecule has 0 saturated carbocycles. The molecule has 0 saturated heterocycles. The van der Waals surface area contributed by atoms with Crippen molar-refractivity contribution in [3.8, 4) is 0 Å². The lowest BCUT2D eigenvalue weighted by molar-refractivity contribution is 0.0934. The monoisotopic (exact) mass is 585 g/mol. The number of halogens is 5. The number of rotatable bonds is 4. The van der Waals surface area contributed by atoms with E-state index in [9.17, 15) is 4.79 Å². The Kier molecular flexibility index (Phi) is 8.43. The minimum atomic E-state index is -1.84. The molecular formula is C18H16Br2Cl3N3OS. The van der Waals surface area contributed by atoms with E-state index in [-0.39, 0.29) is 5.11 Å². The summed E-state index contributed by atoms with van der Waals surface area (Å²) >= 11 is 30.4. The smallest absolute Gasteiger partial charge is 0.252 e. The van der Waals surface area contributed by atoms with Gasteiger partial charge < -0.3 is 16.0 Å². The summed E-state index contributed by atoms with van der Waals surface area (Å²) in [6.07, 6.45) is -1.05. The van der Waals surface area contributed by atoms with Gasteiger partial charge in [0.15, 0.2) is 5.11 Å². The number of amides is 1. The van der Waals surface area contributed by atoms with E-state index < -0.39 is 15.9 Å². The van der Waals surface area contributed by atoms with Gasteiger partial charge in [0.1, 0.15) is 6.17 Å². The highest BCUT2D eigenvalue weighted by Gasteiger charge is 2.35. The Balaban J connectivity index is 2.13. The van der Waals surface area contributed by atoms with Crippen LogP contribution in [0.3, 0.4) is 0 Å². The molecule has 150 valence electrons. The molecule has 1 unspecified atom stereocenters. The number of carbonyl (C=O) groups excluding carboxylic acids is 1. The summed E-state index contributed by atoms with van der Waals surface area (Å²) in [6.45, 7) is 3.84. The summed E-state index contributed by atoms with van der Waals surface area (Å²) in [4.78, 5) is 12.5. The molecule has 4 nitrogen and oxygen atoms in total. The zero-order chi connectivity index (χ0) is 21.1. The van der Waals surface area contributed by atoms with Crippen molar-refractivity contribution < 1.29 is 4.79 Å². The van der Waals surface area contributed by atoms with Gasteiger partial charge in [0.05, 0.1) is 5.69 Å². The first-order valence-corrected chi connectivity index (χ1v) is 11.1. The fourth-order valence-corrected chi connectivity index (χ4v) is 3.89. The second kappa shape index (κ2) is 9.96. The van der Waals surface area contributed by atoms with E-state index in [4.69, 9.17) is 47.0 Å². The minimum absolute atomic E-state index is 0.184. The molecule has 2 rings (SSSR count). The van der Waals surface area contributed by atoms with Crippen LogP contribution >= 0.6 is 78.9 Å². The number of carbonyl (C=O) groups is 1. The number of hydrogen-bond donors (Lipinski definition) is 3. The van der Waals surface area contributed by atoms with Crippen molar-refractivity contribution in [2.24, 2.45) is 0 Å². The zero-order valence-electron chi connectivity index (χ0n) is 14.7. The lowest BCUT2D eigenvalue weighted by atomic mass is 10.1. The van der Waals surface area contributed by atoms with Gasteiger partial charge in [-0.3, -0.25) is 4.79 Å². The number of anilines is 1. The van der Waals surface area contributed by atoms with Crippen LogP contribution < -0.4 is 16.0 Å². The van der Waals surface area contributed by atoms with Gasteiger partial charge >= 0.3 is 0 Å². The summed E-state index contributed by atoms with van der Waals surface area (Å²) in [5, 5.41) is 8.71. The highest BCUT2D eigenvalue weighted by Crippen LogP contribution is 2.31. The predicted molar refractivity (Wildman–Crippen MR) is 129 cm³/mol. The summed E-state index contributed by atoms with van der Waals surface area (Å²) in [7, 11) is 0. The number of aryl methyl sites for hydroxylation is 2. The van der Waals surface area contributed by atoms with Crippen molar-refractivity contribution in [1.82, 2.24) is 10.6 Å². The van der Waals surface area contributed by atoms with Gasteiger partial charge in [0.2, 0.25) is 3.79 Å². The summed E-state index contributed by atoms with van der Waals surface area (Å²) in [5.74, 6) is -0.393. The molecule has 0 aromatic heterocycles. The van der Waals surface area contributed by atoms with E-state index in [2.05, 4.69) is 47.8 Å². The quantitative estimate of drug-likeness (QED) is 0.225. The Hall–Kier alpha value is -0.570. The average molecular weight is 589 g/mol. The Labute approximate surface area is 200 Å². The van der Waals surface area contributed by atoms with Crippen LogP contribution in [0.15, 0.2) is 45.3 Å². The highest BCUT2D eigenvalue weighted by atomic mass is 79.9. The molecule has 0 radical (unpaired) electrons. The van der Waals surface area contributed by atoms with Gasteiger partial charge in [0, 0.05) is 14.5 Å². The van der Waals surface area contributed by atoms with Gasteiger partial charge in [0.25, 0.3) is 5.91 Å². The molecule has 0 spiro atoms. The van der Waals surface area contributed by atoms with Crippen LogP contribution in [0.25, 0.3) is 0 Å². The predicted octanol–water partition coefficient (Wildman–Crippen LogP) is 6.24. The zero-order valence-corrected chi connectivity index (χ0v) is 21.0. The van der Waals surface area contributed by atoms with Crippen molar-refractivity contribution in [2.45, 2.75) is 23.8 Å². The van der Waals surface area contributed by atoms with Gasteiger partial charge in [-0.2, -0.15) is 0 Å². The molecule has 10 heteroatoms. The van der Waals surface area contributed by atoms with E-state index in [0.717, 1.165) is 25.8 Å². The van der Waals surface area contributed by atoms with Crippen LogP contribution in [-0.2, 0) is 0 Å². The third-order valence-corrected chi connectivity index (χ3v) is 6.04. The minimum Gasteiger partial charge on any atom is -0.339 e. The average Bonchev–Trinajstić information content (AvgIpc) is 2.58. The molecule has 1 atom stereocenters. The van der Waals surface area contributed by atoms with E-state index in [0.29, 0.717) is 5.56 Å². The normalized spacial score (nSPS) is 12.2. The van der Waals surface area contributed by atoms with Gasteiger partial charge in [-0.15, -0.1) is 0 Å². The maximum atomic E-state index is 12.5. The van der Waals surface area contributed by atoms with Crippen LogP contribution in [0.4, 0.5) is 5.69 Å². The summed E-state index contributed by atoms with van der Waals surface area (Å²) in [6, 6.07) is 10.9.